The van der Waals surface area contributed by atoms with Gasteiger partial charge < -0.3 is 24.8 Å². The minimum Gasteiger partial charge on any atom is -0.494 e. The third-order valence-corrected chi connectivity index (χ3v) is 12.9. The van der Waals surface area contributed by atoms with Crippen molar-refractivity contribution in [2.24, 2.45) is 17.8 Å². The highest BCUT2D eigenvalue weighted by Gasteiger charge is 2.62. The Morgan fingerprint density at radius 1 is 1.13 bits per heavy atom. The lowest BCUT2D eigenvalue weighted by Crippen LogP contribution is -2.62. The van der Waals surface area contributed by atoms with Crippen LogP contribution < -0.4 is 19.5 Å². The highest BCUT2D eigenvalue weighted by atomic mass is 32.2. The molecule has 1 aromatic carbocycles. The molecule has 294 valence electrons. The molecular weight excluding hydrogens is 715 g/mol. The molecule has 2 aromatic rings. The molecule has 7 atom stereocenters. The fourth-order valence-electron chi connectivity index (χ4n) is 8.10. The van der Waals surface area contributed by atoms with Crippen molar-refractivity contribution in [2.45, 2.75) is 121 Å². The fourth-order valence-corrected chi connectivity index (χ4v) is 9.47. The monoisotopic (exact) mass is 767 g/mol. The molecule has 0 unspecified atom stereocenters. The number of ether oxygens (including phenoxy) is 2. The number of pyridine rings is 1. The molecule has 4 aliphatic rings. The van der Waals surface area contributed by atoms with Gasteiger partial charge in [-0.1, -0.05) is 26.0 Å². The lowest BCUT2D eigenvalue weighted by molar-refractivity contribution is -0.146. The summed E-state index contributed by atoms with van der Waals surface area (Å²) in [5.41, 5.74) is -2.50. The highest BCUT2D eigenvalue weighted by Crippen LogP contribution is 2.46. The Labute approximate surface area is 317 Å². The Hall–Kier alpha value is -4.40. The van der Waals surface area contributed by atoms with E-state index in [1.165, 1.54) is 9.80 Å². The number of carboxylic acid groups (broad SMARTS) is 1. The lowest BCUT2D eigenvalue weighted by Gasteiger charge is -2.43. The fraction of sp³-hybridized carbons (Fsp3) is 0.615. The molecule has 1 aromatic heterocycles. The van der Waals surface area contributed by atoms with Crippen molar-refractivity contribution in [2.75, 3.05) is 13.2 Å². The van der Waals surface area contributed by atoms with Gasteiger partial charge in [-0.2, -0.15) is 0 Å². The summed E-state index contributed by atoms with van der Waals surface area (Å²) < 4.78 is 40.1. The number of benzene rings is 1. The van der Waals surface area contributed by atoms with Gasteiger partial charge in [-0.3, -0.25) is 24.0 Å². The van der Waals surface area contributed by atoms with Crippen LogP contribution in [0, 0.1) is 17.8 Å². The van der Waals surface area contributed by atoms with Gasteiger partial charge in [-0.15, -0.1) is 0 Å². The molecule has 0 radical (unpaired) electrons. The quantitative estimate of drug-likeness (QED) is 0.320. The first-order valence-corrected chi connectivity index (χ1v) is 20.6. The molecule has 15 heteroatoms. The number of nitrogens with one attached hydrogen (secondary N) is 2. The molecule has 4 amide bonds. The minimum absolute atomic E-state index is 0.0192. The van der Waals surface area contributed by atoms with E-state index in [-0.39, 0.29) is 25.3 Å². The molecular formula is C39H53N5O9S. The standard InChI is InChI=1S/C39H53N5O9S/c1-7-52-27-12-15-30-25(19-27)16-17-40-34(30)53-28-20-31-33(45)41-39(36(47)42-54(50,51)29-13-14-29)21-26(39)11-9-8-10-23(2)18-24(3)32(35(46)43(31)22-28)44(37(48)49)38(4,5)6/h9,11-12,15-17,19,23-24,26,28-29,31-32H,7-8,10,13-14,18,20-22H2,1-6H3,(H,41,45)(H,42,47)(H,48,49)/b11-9-/t23-,24+,26+,28+,31-,32-,39+/m0/s1. The van der Waals surface area contributed by atoms with Gasteiger partial charge in [0.05, 0.1) is 18.4 Å². The van der Waals surface area contributed by atoms with Crippen molar-refractivity contribution in [3.8, 4) is 11.6 Å². The SMILES string of the molecule is CCOc1ccc2c(O[C@@H]3C[C@H]4C(=O)N[C@]5(C(=O)NS(=O)(=O)C6CC6)C[C@H]5/C=C\CC[C@H](C)C[C@@H](C)[C@H](N(C(=O)O)C(C)(C)C)C(=O)N4C3)nccc2c1. The van der Waals surface area contributed by atoms with Crippen LogP contribution in [0.15, 0.2) is 42.6 Å². The van der Waals surface area contributed by atoms with E-state index in [9.17, 15) is 32.7 Å². The van der Waals surface area contributed by atoms with E-state index in [1.54, 1.807) is 27.0 Å². The molecule has 1 saturated heterocycles. The maximum absolute atomic E-state index is 15.0. The summed E-state index contributed by atoms with van der Waals surface area (Å²) in [7, 11) is -3.91. The van der Waals surface area contributed by atoms with Crippen molar-refractivity contribution >= 4 is 44.6 Å². The molecule has 3 N–H and O–H groups in total. The lowest BCUT2D eigenvalue weighted by atomic mass is 9.85. The first kappa shape index (κ1) is 39.3. The zero-order valence-corrected chi connectivity index (χ0v) is 32.7. The second kappa shape index (κ2) is 15.0. The largest absolute Gasteiger partial charge is 0.494 e. The Morgan fingerprint density at radius 3 is 2.54 bits per heavy atom. The topological polar surface area (TPSA) is 185 Å². The zero-order valence-electron chi connectivity index (χ0n) is 31.9. The maximum Gasteiger partial charge on any atom is 0.408 e. The van der Waals surface area contributed by atoms with Gasteiger partial charge in [-0.25, -0.2) is 18.2 Å². The number of carbonyl (C=O) groups is 4. The van der Waals surface area contributed by atoms with Gasteiger partial charge in [0, 0.05) is 29.5 Å². The van der Waals surface area contributed by atoms with E-state index < -0.39 is 80.2 Å². The number of allylic oxidation sites excluding steroid dienone is 1. The number of nitrogens with zero attached hydrogens (tertiary/aromatic N) is 3. The van der Waals surface area contributed by atoms with Gasteiger partial charge in [0.2, 0.25) is 27.7 Å². The zero-order chi connectivity index (χ0) is 39.2. The van der Waals surface area contributed by atoms with Crippen LogP contribution in [-0.4, -0.2) is 99.8 Å². The smallest absolute Gasteiger partial charge is 0.408 e. The van der Waals surface area contributed by atoms with E-state index in [1.807, 2.05) is 50.3 Å². The van der Waals surface area contributed by atoms with Crippen molar-refractivity contribution in [1.29, 1.82) is 0 Å². The second-order valence-corrected chi connectivity index (χ2v) is 18.4. The summed E-state index contributed by atoms with van der Waals surface area (Å²) in [6, 6.07) is 5.04. The predicted molar refractivity (Wildman–Crippen MR) is 201 cm³/mol. The molecule has 3 fully saturated rings. The summed E-state index contributed by atoms with van der Waals surface area (Å²) in [5, 5.41) is 14.3. The number of rotatable bonds is 8. The number of amides is 4. The van der Waals surface area contributed by atoms with Crippen LogP contribution in [0.5, 0.6) is 11.6 Å². The first-order chi connectivity index (χ1) is 25.4. The van der Waals surface area contributed by atoms with Crippen LogP contribution in [0.4, 0.5) is 4.79 Å². The second-order valence-electron chi connectivity index (χ2n) is 16.5. The summed E-state index contributed by atoms with van der Waals surface area (Å²) in [6.07, 6.45) is 6.51. The minimum atomic E-state index is -3.91. The number of aromatic nitrogens is 1. The normalized spacial score (nSPS) is 29.9. The van der Waals surface area contributed by atoms with Gasteiger partial charge in [0.15, 0.2) is 0 Å². The summed E-state index contributed by atoms with van der Waals surface area (Å²) >= 11 is 0. The molecule has 2 aliphatic carbocycles. The Balaban J connectivity index is 1.38. The van der Waals surface area contributed by atoms with E-state index in [0.717, 1.165) is 11.8 Å². The van der Waals surface area contributed by atoms with Gasteiger partial charge in [0.25, 0.3) is 5.91 Å². The summed E-state index contributed by atoms with van der Waals surface area (Å²) in [5.74, 6) is -1.77. The first-order valence-electron chi connectivity index (χ1n) is 19.0. The third-order valence-electron chi connectivity index (χ3n) is 11.1. The Morgan fingerprint density at radius 2 is 1.87 bits per heavy atom. The summed E-state index contributed by atoms with van der Waals surface area (Å²) in [6.45, 7) is 11.5. The average Bonchev–Trinajstić information content (AvgIpc) is 4.01. The van der Waals surface area contributed by atoms with Crippen LogP contribution >= 0.6 is 0 Å². The molecule has 2 aliphatic heterocycles. The van der Waals surface area contributed by atoms with E-state index in [2.05, 4.69) is 21.9 Å². The number of hydrogen-bond acceptors (Lipinski definition) is 9. The molecule has 0 spiro atoms. The number of sulfonamides is 1. The van der Waals surface area contributed by atoms with Gasteiger partial charge in [0.1, 0.15) is 29.5 Å². The van der Waals surface area contributed by atoms with Crippen molar-refractivity contribution in [1.82, 2.24) is 24.8 Å². The maximum atomic E-state index is 15.0. The number of hydrogen-bond donors (Lipinski definition) is 3. The molecule has 0 bridgehead atoms. The van der Waals surface area contributed by atoms with E-state index in [0.29, 0.717) is 49.3 Å². The van der Waals surface area contributed by atoms with Crippen molar-refractivity contribution in [3.63, 3.8) is 0 Å². The Kier molecular flexibility index (Phi) is 10.9. The van der Waals surface area contributed by atoms with Crippen LogP contribution in [0.2, 0.25) is 0 Å². The molecule has 3 heterocycles. The van der Waals surface area contributed by atoms with Crippen LogP contribution in [0.3, 0.4) is 0 Å². The molecule has 54 heavy (non-hydrogen) atoms. The molecule has 14 nitrogen and oxygen atoms in total. The van der Waals surface area contributed by atoms with Crippen LogP contribution in [-0.2, 0) is 24.4 Å². The van der Waals surface area contributed by atoms with Crippen LogP contribution in [0.1, 0.15) is 86.5 Å². The number of carbonyl (C=O) groups excluding carboxylic acids is 3. The van der Waals surface area contributed by atoms with Gasteiger partial charge >= 0.3 is 6.09 Å². The number of fused-ring (bicyclic) bond motifs is 3. The molecule has 2 saturated carbocycles. The van der Waals surface area contributed by atoms with Crippen LogP contribution in [0.25, 0.3) is 10.8 Å². The van der Waals surface area contributed by atoms with Gasteiger partial charge in [-0.05, 0) is 108 Å². The summed E-state index contributed by atoms with van der Waals surface area (Å²) in [4.78, 5) is 63.3. The van der Waals surface area contributed by atoms with E-state index >= 15 is 0 Å². The van der Waals surface area contributed by atoms with E-state index in [4.69, 9.17) is 9.47 Å². The average molecular weight is 768 g/mol. The van der Waals surface area contributed by atoms with Crippen molar-refractivity contribution < 1.29 is 42.2 Å². The highest BCUT2D eigenvalue weighted by molar-refractivity contribution is 7.91. The molecule has 6 rings (SSSR count). The van der Waals surface area contributed by atoms with Crippen molar-refractivity contribution in [3.05, 3.63) is 42.6 Å². The predicted octanol–water partition coefficient (Wildman–Crippen LogP) is 4.62. The Bertz CT molecular complexity index is 1930. The third kappa shape index (κ3) is 8.15.